The number of Topliss-reactive ketones (excluding diaryl/α,β-unsaturated/α-hetero) is 1. The number of aliphatic carboxylic acids is 1. The van der Waals surface area contributed by atoms with E-state index in [1.54, 1.807) is 72.0 Å². The van der Waals surface area contributed by atoms with Crippen LogP contribution >= 0.6 is 68.0 Å². The van der Waals surface area contributed by atoms with E-state index in [1.165, 1.54) is 75.1 Å². The Morgan fingerprint density at radius 2 is 1.48 bits per heavy atom. The molecule has 0 spiro atoms. The number of rotatable bonds is 13. The number of benzene rings is 1. The van der Waals surface area contributed by atoms with Gasteiger partial charge in [-0.15, -0.1) is 68.0 Å². The number of aliphatic hydroxyl groups is 1. The largest absolute Gasteiger partial charge is 0.480 e. The van der Waals surface area contributed by atoms with Gasteiger partial charge < -0.3 is 46.3 Å². The molecule has 0 saturated carbocycles. The fourth-order valence-corrected chi connectivity index (χ4v) is 14.0. The Balaban J connectivity index is 1.12. The van der Waals surface area contributed by atoms with E-state index < -0.39 is 55.1 Å². The van der Waals surface area contributed by atoms with E-state index >= 15 is 0 Å². The van der Waals surface area contributed by atoms with Crippen molar-refractivity contribution in [1.29, 1.82) is 0 Å². The van der Waals surface area contributed by atoms with Crippen LogP contribution in [0.1, 0.15) is 108 Å². The SMILES string of the molecule is C=C1NCC(=O)N[C@@H]([C@@H](O)c2ccccc2)c2nc(cs2)-c2nc(cs2)-c2nc(-c3nc(NC(=O)COCC(=O)O)cs3)ccc2-c2nc(cs2)C(=O)N[C@@H](CC(=O)NC)c2nc(c(C)s2)C(=O)C[C@H](C(C)C)c2nc1c(COC)s2. The van der Waals surface area contributed by atoms with E-state index in [0.29, 0.717) is 80.2 Å². The molecule has 8 heterocycles. The molecule has 420 valence electrons. The summed E-state index contributed by atoms with van der Waals surface area (Å²) in [4.78, 5) is 114. The van der Waals surface area contributed by atoms with E-state index in [1.807, 2.05) is 19.9 Å². The van der Waals surface area contributed by atoms with E-state index in [9.17, 15) is 33.9 Å². The van der Waals surface area contributed by atoms with Gasteiger partial charge in [0.2, 0.25) is 11.8 Å². The number of amides is 4. The molecule has 7 N–H and O–H groups in total. The van der Waals surface area contributed by atoms with Gasteiger partial charge in [0.05, 0.1) is 46.9 Å². The molecule has 1 aromatic carbocycles. The van der Waals surface area contributed by atoms with Gasteiger partial charge in [-0.2, -0.15) is 0 Å². The topological polar surface area (TPSA) is 312 Å². The normalized spacial score (nSPS) is 16.5. The van der Waals surface area contributed by atoms with Crippen LogP contribution in [0.15, 0.2) is 70.6 Å². The molecule has 10 bridgehead atoms. The molecule has 0 unspecified atom stereocenters. The standard InChI is InChI=1S/C53H52N12O10S6/c1-24(2)29-14-35(66)43-26(4)80-52(65-43)31(15-38(67)54-5)57-47(73)33-21-76-48(59-33)28-12-13-30(50-62-37(23-79-50)61-40(69)18-75-19-41(70)71)56-44(28)32-20-77-51(58-32)34-22-78-53(60-34)45(46(72)27-10-8-7-9-11-27)63-39(68)16-55-25(3)42-36(17-74-6)81-49(29)64-42/h7-13,20-24,29,31,45-46,55,72H,3,14-19H2,1-2,4-6H3,(H,54,67)(H,57,73)(H,61,69)(H,63,68)(H,70,71)/t29-,31+,45+,46+/m1/s1. The predicted octanol–water partition coefficient (Wildman–Crippen LogP) is 8.07. The molecule has 1 aliphatic rings. The van der Waals surface area contributed by atoms with Gasteiger partial charge in [-0.1, -0.05) is 50.8 Å². The third-order valence-corrected chi connectivity index (χ3v) is 18.2. The van der Waals surface area contributed by atoms with Gasteiger partial charge >= 0.3 is 5.97 Å². The minimum atomic E-state index is -1.22. The number of ether oxygens (including phenoxy) is 2. The summed E-state index contributed by atoms with van der Waals surface area (Å²) in [6.07, 6.45) is -1.36. The Morgan fingerprint density at radius 1 is 0.765 bits per heavy atom. The van der Waals surface area contributed by atoms with Crippen LogP contribution in [0.2, 0.25) is 0 Å². The van der Waals surface area contributed by atoms with Crippen LogP contribution in [0.5, 0.6) is 0 Å². The van der Waals surface area contributed by atoms with Crippen molar-refractivity contribution < 1.29 is 48.5 Å². The lowest BCUT2D eigenvalue weighted by atomic mass is 9.90. The lowest BCUT2D eigenvalue weighted by Gasteiger charge is -2.23. The van der Waals surface area contributed by atoms with Gasteiger partial charge in [0.15, 0.2) is 5.78 Å². The second-order valence-electron chi connectivity index (χ2n) is 18.5. The number of carboxylic acids is 1. The molecule has 4 atom stereocenters. The average Bonchev–Trinajstić information content (AvgIpc) is 4.53. The zero-order valence-corrected chi connectivity index (χ0v) is 48.8. The average molecular weight is 1210 g/mol. The zero-order valence-electron chi connectivity index (χ0n) is 43.9. The number of ketones is 1. The van der Waals surface area contributed by atoms with Crippen molar-refractivity contribution in [1.82, 2.24) is 56.2 Å². The van der Waals surface area contributed by atoms with Gasteiger partial charge in [0.25, 0.3) is 11.8 Å². The molecule has 4 amide bonds. The number of aliphatic hydroxyl groups excluding tert-OH is 1. The molecule has 0 aliphatic carbocycles. The lowest BCUT2D eigenvalue weighted by molar-refractivity contribution is -0.143. The summed E-state index contributed by atoms with van der Waals surface area (Å²) >= 11 is 7.45. The van der Waals surface area contributed by atoms with E-state index in [2.05, 4.69) is 38.1 Å². The number of aryl methyl sites for hydroxylation is 1. The third kappa shape index (κ3) is 13.9. The van der Waals surface area contributed by atoms with Gasteiger partial charge in [-0.25, -0.2) is 39.7 Å². The number of pyridine rings is 1. The van der Waals surface area contributed by atoms with Crippen LogP contribution in [0.4, 0.5) is 5.82 Å². The van der Waals surface area contributed by atoms with Crippen molar-refractivity contribution in [2.45, 2.75) is 64.3 Å². The highest BCUT2D eigenvalue weighted by Crippen LogP contribution is 2.41. The number of fused-ring (bicyclic) bond motifs is 14. The summed E-state index contributed by atoms with van der Waals surface area (Å²) in [6.45, 7) is 8.79. The quantitative estimate of drug-likeness (QED) is 0.0574. The first-order chi connectivity index (χ1) is 39.0. The molecule has 22 nitrogen and oxygen atoms in total. The molecule has 9 rings (SSSR count). The highest BCUT2D eigenvalue weighted by Gasteiger charge is 2.32. The monoisotopic (exact) mass is 1210 g/mol. The molecule has 1 aliphatic heterocycles. The van der Waals surface area contributed by atoms with Crippen molar-refractivity contribution in [3.63, 3.8) is 0 Å². The van der Waals surface area contributed by atoms with Crippen molar-refractivity contribution in [3.05, 3.63) is 118 Å². The summed E-state index contributed by atoms with van der Waals surface area (Å²) in [5, 5.41) is 44.5. The maximum atomic E-state index is 14.4. The van der Waals surface area contributed by atoms with Gasteiger partial charge in [0, 0.05) is 58.5 Å². The molecule has 81 heavy (non-hydrogen) atoms. The Morgan fingerprint density at radius 3 is 2.23 bits per heavy atom. The summed E-state index contributed by atoms with van der Waals surface area (Å²) in [7, 11) is 3.05. The number of anilines is 1. The Labute approximate surface area is 487 Å². The molecule has 28 heteroatoms. The highest BCUT2D eigenvalue weighted by molar-refractivity contribution is 7.15. The highest BCUT2D eigenvalue weighted by atomic mass is 32.1. The van der Waals surface area contributed by atoms with Crippen molar-refractivity contribution in [2.75, 3.05) is 39.2 Å². The number of carbonyl (C=O) groups is 6. The number of carboxylic acid groups (broad SMARTS) is 1. The first-order valence-electron chi connectivity index (χ1n) is 24.9. The molecular weight excluding hydrogens is 1160 g/mol. The number of hydrogen-bond acceptors (Lipinski definition) is 23. The fraction of sp³-hybridized carbons (Fsp3) is 0.302. The van der Waals surface area contributed by atoms with Crippen LogP contribution in [0.3, 0.4) is 0 Å². The fourth-order valence-electron chi connectivity index (χ4n) is 8.39. The van der Waals surface area contributed by atoms with Crippen molar-refractivity contribution in [3.8, 4) is 43.4 Å². The summed E-state index contributed by atoms with van der Waals surface area (Å²) in [6, 6.07) is 10.4. The smallest absolute Gasteiger partial charge is 0.329 e. The predicted molar refractivity (Wildman–Crippen MR) is 310 cm³/mol. The maximum Gasteiger partial charge on any atom is 0.329 e. The van der Waals surface area contributed by atoms with Crippen LogP contribution in [-0.2, 0) is 35.3 Å². The number of hydrogen-bond donors (Lipinski definition) is 7. The number of carbonyl (C=O) groups excluding carboxylic acids is 5. The number of nitrogens with zero attached hydrogens (tertiary/aromatic N) is 7. The van der Waals surface area contributed by atoms with E-state index in [4.69, 9.17) is 44.5 Å². The molecule has 0 saturated heterocycles. The van der Waals surface area contributed by atoms with Crippen LogP contribution in [0.25, 0.3) is 49.1 Å². The van der Waals surface area contributed by atoms with Gasteiger partial charge in [-0.05, 0) is 30.5 Å². The van der Waals surface area contributed by atoms with Crippen LogP contribution < -0.4 is 26.6 Å². The molecule has 0 fully saturated rings. The molecular formula is C53H52N12O10S6. The Kier molecular flexibility index (Phi) is 18.7. The lowest BCUT2D eigenvalue weighted by Crippen LogP contribution is -2.38. The van der Waals surface area contributed by atoms with E-state index in [-0.39, 0.29) is 66.7 Å². The van der Waals surface area contributed by atoms with E-state index in [0.717, 1.165) is 4.88 Å². The second-order valence-corrected chi connectivity index (χ2v) is 24.4. The number of methoxy groups -OCH3 is 1. The molecule has 8 aromatic rings. The third-order valence-electron chi connectivity index (χ3n) is 12.5. The Bertz CT molecular complexity index is 3640. The Hall–Kier alpha value is -7.41. The maximum absolute atomic E-state index is 14.4. The van der Waals surface area contributed by atoms with Crippen LogP contribution in [-0.4, -0.2) is 114 Å². The van der Waals surface area contributed by atoms with Crippen molar-refractivity contribution >= 4 is 115 Å². The molecule has 0 radical (unpaired) electrons. The number of aromatic nitrogens is 7. The molecule has 7 aromatic heterocycles. The number of thiazole rings is 6. The first-order valence-corrected chi connectivity index (χ1v) is 30.0. The summed E-state index contributed by atoms with van der Waals surface area (Å²) in [5.41, 5.74) is 3.72. The van der Waals surface area contributed by atoms with Gasteiger partial charge in [0.1, 0.15) is 90.4 Å². The minimum absolute atomic E-state index is 0.0368. The summed E-state index contributed by atoms with van der Waals surface area (Å²) in [5.74, 6) is -3.76. The van der Waals surface area contributed by atoms with Gasteiger partial charge in [-0.3, -0.25) is 24.0 Å². The summed E-state index contributed by atoms with van der Waals surface area (Å²) < 4.78 is 10.5. The number of nitrogens with one attached hydrogen (secondary N) is 5. The van der Waals surface area contributed by atoms with Crippen molar-refractivity contribution in [2.24, 2.45) is 5.92 Å². The first kappa shape index (κ1) is 58.3. The zero-order chi connectivity index (χ0) is 57.5. The van der Waals surface area contributed by atoms with Crippen LogP contribution in [0, 0.1) is 12.8 Å². The second kappa shape index (κ2) is 26.0. The minimum Gasteiger partial charge on any atom is -0.480 e.